The van der Waals surface area contributed by atoms with Crippen LogP contribution in [0, 0.1) is 5.41 Å². The van der Waals surface area contributed by atoms with E-state index in [-0.39, 0.29) is 12.4 Å². The second-order valence-electron chi connectivity index (χ2n) is 4.82. The van der Waals surface area contributed by atoms with Gasteiger partial charge in [0.1, 0.15) is 0 Å². The van der Waals surface area contributed by atoms with Crippen molar-refractivity contribution in [1.29, 1.82) is 0 Å². The SMILES string of the molecule is COC(=O)C/C=C/C(C)(C)[C@@H](O)c1ccccc1. The van der Waals surface area contributed by atoms with Crippen molar-refractivity contribution in [1.82, 2.24) is 0 Å². The van der Waals surface area contributed by atoms with Crippen LogP contribution in [0.15, 0.2) is 42.5 Å². The summed E-state index contributed by atoms with van der Waals surface area (Å²) in [5.41, 5.74) is 0.431. The van der Waals surface area contributed by atoms with Crippen LogP contribution in [0.4, 0.5) is 0 Å². The third-order valence-corrected chi connectivity index (χ3v) is 2.88. The summed E-state index contributed by atoms with van der Waals surface area (Å²) in [6.07, 6.45) is 3.20. The summed E-state index contributed by atoms with van der Waals surface area (Å²) in [4.78, 5) is 11.0. The maximum atomic E-state index is 11.0. The lowest BCUT2D eigenvalue weighted by Gasteiger charge is -2.27. The summed E-state index contributed by atoms with van der Waals surface area (Å²) in [6.45, 7) is 3.86. The van der Waals surface area contributed by atoms with Crippen molar-refractivity contribution in [3.8, 4) is 0 Å². The van der Waals surface area contributed by atoms with Crippen LogP contribution in [0.1, 0.15) is 31.9 Å². The first-order chi connectivity index (χ1) is 8.47. The van der Waals surface area contributed by atoms with Crippen molar-refractivity contribution in [2.45, 2.75) is 26.4 Å². The van der Waals surface area contributed by atoms with E-state index < -0.39 is 11.5 Å². The molecule has 0 amide bonds. The number of carbonyl (C=O) groups excluding carboxylic acids is 1. The van der Waals surface area contributed by atoms with E-state index in [1.54, 1.807) is 6.08 Å². The van der Waals surface area contributed by atoms with Crippen LogP contribution < -0.4 is 0 Å². The van der Waals surface area contributed by atoms with Crippen LogP contribution in [-0.4, -0.2) is 18.2 Å². The van der Waals surface area contributed by atoms with E-state index >= 15 is 0 Å². The molecule has 98 valence electrons. The number of carbonyl (C=O) groups is 1. The molecule has 0 aliphatic rings. The molecule has 0 aliphatic heterocycles. The molecule has 1 N–H and O–H groups in total. The van der Waals surface area contributed by atoms with Gasteiger partial charge in [-0.1, -0.05) is 56.3 Å². The van der Waals surface area contributed by atoms with Gasteiger partial charge in [0, 0.05) is 5.41 Å². The first-order valence-corrected chi connectivity index (χ1v) is 5.95. The zero-order valence-electron chi connectivity index (χ0n) is 11.1. The average Bonchev–Trinajstić information content (AvgIpc) is 2.38. The number of rotatable bonds is 5. The number of hydrogen-bond acceptors (Lipinski definition) is 3. The Labute approximate surface area is 108 Å². The van der Waals surface area contributed by atoms with Gasteiger partial charge < -0.3 is 9.84 Å². The zero-order chi connectivity index (χ0) is 13.6. The number of ether oxygens (including phenoxy) is 1. The topological polar surface area (TPSA) is 46.5 Å². The van der Waals surface area contributed by atoms with Crippen molar-refractivity contribution < 1.29 is 14.6 Å². The third-order valence-electron chi connectivity index (χ3n) is 2.88. The summed E-state index contributed by atoms with van der Waals surface area (Å²) in [6, 6.07) is 9.48. The highest BCUT2D eigenvalue weighted by Crippen LogP contribution is 2.34. The Kier molecular flexibility index (Phi) is 5.10. The van der Waals surface area contributed by atoms with Gasteiger partial charge in [0.05, 0.1) is 19.6 Å². The van der Waals surface area contributed by atoms with E-state index in [0.717, 1.165) is 5.56 Å². The number of aliphatic hydroxyl groups excluding tert-OH is 1. The van der Waals surface area contributed by atoms with Crippen LogP contribution in [0.5, 0.6) is 0 Å². The number of hydrogen-bond donors (Lipinski definition) is 1. The van der Waals surface area contributed by atoms with Crippen molar-refractivity contribution in [3.63, 3.8) is 0 Å². The van der Waals surface area contributed by atoms with E-state index in [2.05, 4.69) is 4.74 Å². The molecule has 1 aromatic rings. The zero-order valence-corrected chi connectivity index (χ0v) is 11.1. The standard InChI is InChI=1S/C15H20O3/c1-15(2,11-7-10-13(16)18-3)14(17)12-8-5-4-6-9-12/h4-9,11,14,17H,10H2,1-3H3/b11-7+/t14-/m0/s1. The number of esters is 1. The van der Waals surface area contributed by atoms with Gasteiger partial charge in [-0.25, -0.2) is 0 Å². The van der Waals surface area contributed by atoms with Gasteiger partial charge in [-0.3, -0.25) is 4.79 Å². The van der Waals surface area contributed by atoms with Crippen LogP contribution >= 0.6 is 0 Å². The lowest BCUT2D eigenvalue weighted by atomic mass is 9.82. The summed E-state index contributed by atoms with van der Waals surface area (Å²) in [7, 11) is 1.36. The Bertz CT molecular complexity index is 407. The second kappa shape index (κ2) is 6.36. The molecule has 3 heteroatoms. The fourth-order valence-corrected chi connectivity index (χ4v) is 1.70. The van der Waals surface area contributed by atoms with Crippen LogP contribution in [-0.2, 0) is 9.53 Å². The molecule has 1 rings (SSSR count). The highest BCUT2D eigenvalue weighted by atomic mass is 16.5. The molecule has 1 aromatic carbocycles. The van der Waals surface area contributed by atoms with Gasteiger partial charge in [-0.05, 0) is 5.56 Å². The highest BCUT2D eigenvalue weighted by molar-refractivity contribution is 5.70. The lowest BCUT2D eigenvalue weighted by molar-refractivity contribution is -0.139. The molecule has 18 heavy (non-hydrogen) atoms. The minimum Gasteiger partial charge on any atom is -0.469 e. The Morgan fingerprint density at radius 2 is 2.00 bits per heavy atom. The summed E-state index contributed by atoms with van der Waals surface area (Å²) in [5, 5.41) is 10.3. The monoisotopic (exact) mass is 248 g/mol. The minimum absolute atomic E-state index is 0.224. The van der Waals surface area contributed by atoms with Gasteiger partial charge in [0.2, 0.25) is 0 Å². The summed E-state index contributed by atoms with van der Waals surface area (Å²) >= 11 is 0. The number of benzene rings is 1. The highest BCUT2D eigenvalue weighted by Gasteiger charge is 2.26. The predicted octanol–water partition coefficient (Wildman–Crippen LogP) is 2.87. The van der Waals surface area contributed by atoms with Crippen molar-refractivity contribution in [2.75, 3.05) is 7.11 Å². The molecular weight excluding hydrogens is 228 g/mol. The van der Waals surface area contributed by atoms with E-state index in [4.69, 9.17) is 0 Å². The molecule has 0 saturated carbocycles. The minimum atomic E-state index is -0.604. The fourth-order valence-electron chi connectivity index (χ4n) is 1.70. The molecule has 0 bridgehead atoms. The molecule has 0 spiro atoms. The first kappa shape index (κ1) is 14.5. The Balaban J connectivity index is 2.71. The van der Waals surface area contributed by atoms with E-state index in [1.807, 2.05) is 50.3 Å². The van der Waals surface area contributed by atoms with Gasteiger partial charge in [-0.15, -0.1) is 0 Å². The van der Waals surface area contributed by atoms with E-state index in [1.165, 1.54) is 7.11 Å². The molecular formula is C15H20O3. The average molecular weight is 248 g/mol. The molecule has 1 atom stereocenters. The molecule has 0 aromatic heterocycles. The smallest absolute Gasteiger partial charge is 0.309 e. The Morgan fingerprint density at radius 1 is 1.39 bits per heavy atom. The molecule has 0 aliphatic carbocycles. The quantitative estimate of drug-likeness (QED) is 0.644. The van der Waals surface area contributed by atoms with Gasteiger partial charge in [0.25, 0.3) is 0 Å². The number of methoxy groups -OCH3 is 1. The van der Waals surface area contributed by atoms with Crippen molar-refractivity contribution in [2.24, 2.45) is 5.41 Å². The van der Waals surface area contributed by atoms with Crippen molar-refractivity contribution in [3.05, 3.63) is 48.0 Å². The van der Waals surface area contributed by atoms with E-state index in [9.17, 15) is 9.90 Å². The molecule has 0 saturated heterocycles. The maximum absolute atomic E-state index is 11.0. The van der Waals surface area contributed by atoms with Gasteiger partial charge in [0.15, 0.2) is 0 Å². The van der Waals surface area contributed by atoms with Gasteiger partial charge >= 0.3 is 5.97 Å². The van der Waals surface area contributed by atoms with Gasteiger partial charge in [-0.2, -0.15) is 0 Å². The summed E-state index contributed by atoms with van der Waals surface area (Å²) < 4.78 is 4.56. The summed E-state index contributed by atoms with van der Waals surface area (Å²) in [5.74, 6) is -0.281. The van der Waals surface area contributed by atoms with Crippen LogP contribution in [0.25, 0.3) is 0 Å². The normalized spacial score (nSPS) is 13.6. The molecule has 0 radical (unpaired) electrons. The van der Waals surface area contributed by atoms with Crippen LogP contribution in [0.2, 0.25) is 0 Å². The third kappa shape index (κ3) is 4.00. The molecule has 0 heterocycles. The number of aliphatic hydroxyl groups is 1. The second-order valence-corrected chi connectivity index (χ2v) is 4.82. The largest absolute Gasteiger partial charge is 0.469 e. The molecule has 0 fully saturated rings. The Hall–Kier alpha value is -1.61. The molecule has 0 unspecified atom stereocenters. The first-order valence-electron chi connectivity index (χ1n) is 5.95. The molecule has 3 nitrogen and oxygen atoms in total. The van der Waals surface area contributed by atoms with E-state index in [0.29, 0.717) is 0 Å². The van der Waals surface area contributed by atoms with Crippen LogP contribution in [0.3, 0.4) is 0 Å². The van der Waals surface area contributed by atoms with Crippen molar-refractivity contribution >= 4 is 5.97 Å². The lowest BCUT2D eigenvalue weighted by Crippen LogP contribution is -2.19. The maximum Gasteiger partial charge on any atom is 0.309 e. The predicted molar refractivity (Wildman–Crippen MR) is 71.0 cm³/mol. The fraction of sp³-hybridized carbons (Fsp3) is 0.400. The Morgan fingerprint density at radius 3 is 2.56 bits per heavy atom.